The molecule has 0 aliphatic carbocycles. The van der Waals surface area contributed by atoms with Crippen LogP contribution in [0, 0.1) is 6.92 Å². The molecule has 0 radical (unpaired) electrons. The standard InChI is InChI=1S/C16H22N4O2/c1-12-18-14-6-2-3-7-15(14)19(12)10-8-17-16(22)20-9-4-5-13(20)11-21/h2-3,6-7,13,21H,4-5,8-11H2,1H3,(H,17,22)/t13-/m0/s1. The van der Waals surface area contributed by atoms with Crippen LogP contribution in [0.1, 0.15) is 18.7 Å². The maximum atomic E-state index is 12.2. The van der Waals surface area contributed by atoms with E-state index in [0.717, 1.165) is 36.2 Å². The average molecular weight is 302 g/mol. The van der Waals surface area contributed by atoms with Gasteiger partial charge in [0, 0.05) is 19.6 Å². The highest BCUT2D eigenvalue weighted by Gasteiger charge is 2.27. The Hall–Kier alpha value is -2.08. The van der Waals surface area contributed by atoms with Crippen LogP contribution in [-0.4, -0.2) is 51.3 Å². The summed E-state index contributed by atoms with van der Waals surface area (Å²) in [6, 6.07) is 7.89. The molecule has 1 saturated heterocycles. The van der Waals surface area contributed by atoms with E-state index in [1.807, 2.05) is 31.2 Å². The van der Waals surface area contributed by atoms with E-state index in [4.69, 9.17) is 0 Å². The first-order valence-electron chi connectivity index (χ1n) is 7.78. The van der Waals surface area contributed by atoms with Gasteiger partial charge in [0.15, 0.2) is 0 Å². The van der Waals surface area contributed by atoms with Gasteiger partial charge in [-0.25, -0.2) is 9.78 Å². The summed E-state index contributed by atoms with van der Waals surface area (Å²) in [6.07, 6.45) is 1.85. The SMILES string of the molecule is Cc1nc2ccccc2n1CCNC(=O)N1CCC[C@H]1CO. The van der Waals surface area contributed by atoms with E-state index in [2.05, 4.69) is 14.9 Å². The van der Waals surface area contributed by atoms with Crippen molar-refractivity contribution in [1.82, 2.24) is 19.8 Å². The van der Waals surface area contributed by atoms with Gasteiger partial charge in [-0.1, -0.05) is 12.1 Å². The Morgan fingerprint density at radius 3 is 3.09 bits per heavy atom. The van der Waals surface area contributed by atoms with Crippen LogP contribution in [0.4, 0.5) is 4.79 Å². The van der Waals surface area contributed by atoms with Crippen LogP contribution in [0.3, 0.4) is 0 Å². The van der Waals surface area contributed by atoms with Gasteiger partial charge in [0.1, 0.15) is 5.82 Å². The van der Waals surface area contributed by atoms with Crippen molar-refractivity contribution in [2.75, 3.05) is 19.7 Å². The molecule has 0 bridgehead atoms. The molecule has 1 aliphatic rings. The van der Waals surface area contributed by atoms with Crippen LogP contribution in [0.25, 0.3) is 11.0 Å². The van der Waals surface area contributed by atoms with Crippen molar-refractivity contribution >= 4 is 17.1 Å². The Labute approximate surface area is 129 Å². The first-order valence-corrected chi connectivity index (χ1v) is 7.78. The van der Waals surface area contributed by atoms with Crippen LogP contribution in [-0.2, 0) is 6.54 Å². The Kier molecular flexibility index (Phi) is 4.29. The second-order valence-corrected chi connectivity index (χ2v) is 5.70. The molecule has 0 saturated carbocycles. The first kappa shape index (κ1) is 14.8. The van der Waals surface area contributed by atoms with Crippen LogP contribution in [0.15, 0.2) is 24.3 Å². The predicted molar refractivity (Wildman–Crippen MR) is 84.7 cm³/mol. The quantitative estimate of drug-likeness (QED) is 0.899. The minimum Gasteiger partial charge on any atom is -0.394 e. The Morgan fingerprint density at radius 2 is 2.27 bits per heavy atom. The number of carbonyl (C=O) groups excluding carboxylic acids is 1. The zero-order chi connectivity index (χ0) is 15.5. The number of urea groups is 1. The second kappa shape index (κ2) is 6.36. The van der Waals surface area contributed by atoms with Gasteiger partial charge in [-0.3, -0.25) is 0 Å². The van der Waals surface area contributed by atoms with Crippen LogP contribution < -0.4 is 5.32 Å². The Balaban J connectivity index is 1.60. The molecule has 6 nitrogen and oxygen atoms in total. The number of likely N-dealkylation sites (tertiary alicyclic amines) is 1. The summed E-state index contributed by atoms with van der Waals surface area (Å²) in [7, 11) is 0. The monoisotopic (exact) mass is 302 g/mol. The van der Waals surface area contributed by atoms with Crippen molar-refractivity contribution < 1.29 is 9.90 Å². The van der Waals surface area contributed by atoms with Crippen LogP contribution in [0.5, 0.6) is 0 Å². The zero-order valence-corrected chi connectivity index (χ0v) is 12.8. The molecular formula is C16H22N4O2. The molecule has 2 aromatic rings. The molecule has 1 aliphatic heterocycles. The number of aliphatic hydroxyl groups is 1. The molecule has 1 fully saturated rings. The lowest BCUT2D eigenvalue weighted by atomic mass is 10.2. The lowest BCUT2D eigenvalue weighted by molar-refractivity contribution is 0.157. The van der Waals surface area contributed by atoms with E-state index in [9.17, 15) is 9.90 Å². The summed E-state index contributed by atoms with van der Waals surface area (Å²) in [5, 5.41) is 12.2. The maximum Gasteiger partial charge on any atom is 0.317 e. The normalized spacial score (nSPS) is 18.1. The molecule has 2 N–H and O–H groups in total. The van der Waals surface area contributed by atoms with Gasteiger partial charge in [0.25, 0.3) is 0 Å². The topological polar surface area (TPSA) is 70.4 Å². The number of para-hydroxylation sites is 2. The first-order chi connectivity index (χ1) is 10.7. The van der Waals surface area contributed by atoms with E-state index in [-0.39, 0.29) is 18.7 Å². The summed E-state index contributed by atoms with van der Waals surface area (Å²) in [4.78, 5) is 18.4. The average Bonchev–Trinajstić information content (AvgIpc) is 3.11. The zero-order valence-electron chi connectivity index (χ0n) is 12.8. The van der Waals surface area contributed by atoms with Gasteiger partial charge in [-0.15, -0.1) is 0 Å². The molecule has 1 atom stereocenters. The van der Waals surface area contributed by atoms with Gasteiger partial charge in [0.05, 0.1) is 23.7 Å². The van der Waals surface area contributed by atoms with Crippen molar-refractivity contribution in [2.45, 2.75) is 32.4 Å². The summed E-state index contributed by atoms with van der Waals surface area (Å²) >= 11 is 0. The van der Waals surface area contributed by atoms with E-state index in [1.165, 1.54) is 0 Å². The number of nitrogens with one attached hydrogen (secondary N) is 1. The van der Waals surface area contributed by atoms with Gasteiger partial charge in [-0.05, 0) is 31.9 Å². The molecule has 2 amide bonds. The number of aromatic nitrogens is 2. The molecule has 0 spiro atoms. The minimum atomic E-state index is -0.0846. The molecule has 1 aromatic heterocycles. The van der Waals surface area contributed by atoms with Crippen molar-refractivity contribution in [3.05, 3.63) is 30.1 Å². The van der Waals surface area contributed by atoms with Gasteiger partial charge < -0.3 is 19.9 Å². The molecule has 22 heavy (non-hydrogen) atoms. The molecule has 6 heteroatoms. The van der Waals surface area contributed by atoms with Crippen molar-refractivity contribution in [2.24, 2.45) is 0 Å². The smallest absolute Gasteiger partial charge is 0.317 e. The van der Waals surface area contributed by atoms with E-state index in [1.54, 1.807) is 4.90 Å². The highest BCUT2D eigenvalue weighted by Crippen LogP contribution is 2.17. The molecule has 3 rings (SSSR count). The number of benzene rings is 1. The van der Waals surface area contributed by atoms with Crippen LogP contribution in [0.2, 0.25) is 0 Å². The summed E-state index contributed by atoms with van der Waals surface area (Å²) < 4.78 is 2.11. The van der Waals surface area contributed by atoms with Crippen molar-refractivity contribution in [1.29, 1.82) is 0 Å². The third-order valence-electron chi connectivity index (χ3n) is 4.31. The molecule has 118 valence electrons. The summed E-state index contributed by atoms with van der Waals surface area (Å²) in [5.41, 5.74) is 2.06. The van der Waals surface area contributed by atoms with Crippen molar-refractivity contribution in [3.63, 3.8) is 0 Å². The third kappa shape index (κ3) is 2.78. The molecule has 0 unspecified atom stereocenters. The van der Waals surface area contributed by atoms with E-state index in [0.29, 0.717) is 13.1 Å². The van der Waals surface area contributed by atoms with Gasteiger partial charge in [-0.2, -0.15) is 0 Å². The summed E-state index contributed by atoms with van der Waals surface area (Å²) in [5.74, 6) is 0.949. The fourth-order valence-corrected chi connectivity index (χ4v) is 3.15. The Morgan fingerprint density at radius 1 is 1.45 bits per heavy atom. The molecule has 1 aromatic carbocycles. The Bertz CT molecular complexity index is 667. The largest absolute Gasteiger partial charge is 0.394 e. The number of rotatable bonds is 4. The minimum absolute atomic E-state index is 0.0317. The summed E-state index contributed by atoms with van der Waals surface area (Å²) in [6.45, 7) is 3.98. The van der Waals surface area contributed by atoms with Crippen LogP contribution >= 0.6 is 0 Å². The second-order valence-electron chi connectivity index (χ2n) is 5.70. The number of hydrogen-bond donors (Lipinski definition) is 2. The van der Waals surface area contributed by atoms with E-state index < -0.39 is 0 Å². The highest BCUT2D eigenvalue weighted by molar-refractivity contribution is 5.76. The molecular weight excluding hydrogens is 280 g/mol. The molecule has 2 heterocycles. The number of hydrogen-bond acceptors (Lipinski definition) is 3. The number of nitrogens with zero attached hydrogens (tertiary/aromatic N) is 3. The predicted octanol–water partition coefficient (Wildman–Crippen LogP) is 1.51. The van der Waals surface area contributed by atoms with E-state index >= 15 is 0 Å². The third-order valence-corrected chi connectivity index (χ3v) is 4.31. The number of amides is 2. The fourth-order valence-electron chi connectivity index (χ4n) is 3.15. The fraction of sp³-hybridized carbons (Fsp3) is 0.500. The number of aliphatic hydroxyl groups excluding tert-OH is 1. The maximum absolute atomic E-state index is 12.2. The van der Waals surface area contributed by atoms with Gasteiger partial charge in [0.2, 0.25) is 0 Å². The lowest BCUT2D eigenvalue weighted by Gasteiger charge is -2.23. The highest BCUT2D eigenvalue weighted by atomic mass is 16.3. The van der Waals surface area contributed by atoms with Crippen molar-refractivity contribution in [3.8, 4) is 0 Å². The number of aryl methyl sites for hydroxylation is 1. The van der Waals surface area contributed by atoms with Gasteiger partial charge >= 0.3 is 6.03 Å². The number of carbonyl (C=O) groups is 1. The number of fused-ring (bicyclic) bond motifs is 1. The number of imidazole rings is 1. The lowest BCUT2D eigenvalue weighted by Crippen LogP contribution is -2.45.